The molecule has 6 aliphatic rings. The lowest BCUT2D eigenvalue weighted by Crippen LogP contribution is -2.67. The van der Waals surface area contributed by atoms with Crippen LogP contribution in [0.1, 0.15) is 113 Å². The maximum absolute atomic E-state index is 14.7. The maximum Gasteiger partial charge on any atom is 0.311 e. The number of fused-ring (bicyclic) bond motifs is 7. The number of aliphatic hydroxyl groups is 3. The SMILES string of the molecule is COC(=O)[C@@]1(C)CC[C@]2(C)CC[C@]3(C)C(=CC(=O)C4[C@@]5(C)CC[C@H](O[C@@H]6C[C@@H](O)[C@H](O)[C@@H](CO)O6)C(C)(C)C5CC[C@]43C)[C@@H]2C1. The van der Waals surface area contributed by atoms with E-state index in [2.05, 4.69) is 54.5 Å². The van der Waals surface area contributed by atoms with Crippen molar-refractivity contribution in [3.8, 4) is 0 Å². The quantitative estimate of drug-likeness (QED) is 0.281. The Balaban J connectivity index is 1.30. The molecule has 0 amide bonds. The highest BCUT2D eigenvalue weighted by atomic mass is 16.7. The molecule has 5 fully saturated rings. The van der Waals surface area contributed by atoms with Gasteiger partial charge in [-0.1, -0.05) is 47.1 Å². The fourth-order valence-electron chi connectivity index (χ4n) is 12.2. The molecule has 13 atom stereocenters. The number of rotatable bonds is 4. The molecule has 3 N–H and O–H groups in total. The first-order chi connectivity index (χ1) is 20.9. The van der Waals surface area contributed by atoms with Gasteiger partial charge in [-0.3, -0.25) is 9.59 Å². The van der Waals surface area contributed by atoms with E-state index in [-0.39, 0.29) is 75.7 Å². The van der Waals surface area contributed by atoms with Crippen LogP contribution in [0.25, 0.3) is 0 Å². The van der Waals surface area contributed by atoms with E-state index in [1.54, 1.807) is 0 Å². The van der Waals surface area contributed by atoms with Crippen molar-refractivity contribution < 1.29 is 39.1 Å². The second-order valence-electron chi connectivity index (χ2n) is 17.8. The standard InChI is InChI=1S/C37H58O8/c1-32(2)26-9-12-37(7)30(35(26,5)11-10-27(32)45-28-18-23(39)29(41)25(20-38)44-28)24(40)17-21-22-19-34(4,31(42)43-8)14-13-33(22,3)15-16-36(21,37)6/h17,22-23,25-30,38-39,41H,9-16,18-20H2,1-8H3/t22-,23+,25+,26?,27-,28+,29-,30?,33+,34-,35-,36+,37+/m0/s1. The Labute approximate surface area is 269 Å². The van der Waals surface area contributed by atoms with Gasteiger partial charge in [0.2, 0.25) is 0 Å². The third-order valence-corrected chi connectivity index (χ3v) is 15.2. The minimum atomic E-state index is -1.13. The maximum atomic E-state index is 14.7. The topological polar surface area (TPSA) is 123 Å². The monoisotopic (exact) mass is 630 g/mol. The zero-order chi connectivity index (χ0) is 33.0. The summed E-state index contributed by atoms with van der Waals surface area (Å²) in [6.07, 6.45) is 6.66. The van der Waals surface area contributed by atoms with Crippen LogP contribution in [-0.4, -0.2) is 71.5 Å². The van der Waals surface area contributed by atoms with Gasteiger partial charge in [0.05, 0.1) is 31.3 Å². The minimum absolute atomic E-state index is 0.0840. The normalized spacial score (nSPS) is 52.4. The highest BCUT2D eigenvalue weighted by Gasteiger charge is 2.70. The third kappa shape index (κ3) is 4.69. The van der Waals surface area contributed by atoms with Crippen molar-refractivity contribution >= 4 is 11.8 Å². The van der Waals surface area contributed by atoms with Crippen LogP contribution in [0, 0.1) is 50.2 Å². The summed E-state index contributed by atoms with van der Waals surface area (Å²) in [6.45, 7) is 15.8. The molecule has 8 heteroatoms. The summed E-state index contributed by atoms with van der Waals surface area (Å²) in [5.41, 5.74) is 0.0750. The molecule has 2 unspecified atom stereocenters. The average Bonchev–Trinajstić information content (AvgIpc) is 2.97. The Morgan fingerprint density at radius 3 is 2.33 bits per heavy atom. The number of aliphatic hydroxyl groups excluding tert-OH is 3. The van der Waals surface area contributed by atoms with Crippen molar-refractivity contribution in [2.45, 2.75) is 143 Å². The molecule has 6 rings (SSSR count). The number of esters is 1. The van der Waals surface area contributed by atoms with Gasteiger partial charge in [0.25, 0.3) is 0 Å². The van der Waals surface area contributed by atoms with Crippen molar-refractivity contribution in [3.63, 3.8) is 0 Å². The lowest BCUT2D eigenvalue weighted by atomic mass is 9.33. The second kappa shape index (κ2) is 10.8. The summed E-state index contributed by atoms with van der Waals surface area (Å²) < 4.78 is 17.7. The Morgan fingerprint density at radius 1 is 0.978 bits per heavy atom. The Hall–Kier alpha value is -1.32. The molecule has 45 heavy (non-hydrogen) atoms. The summed E-state index contributed by atoms with van der Waals surface area (Å²) >= 11 is 0. The van der Waals surface area contributed by atoms with E-state index >= 15 is 0 Å². The molecule has 254 valence electrons. The number of hydrogen-bond donors (Lipinski definition) is 3. The van der Waals surface area contributed by atoms with Crippen LogP contribution in [-0.2, 0) is 23.8 Å². The van der Waals surface area contributed by atoms with Crippen LogP contribution in [0.5, 0.6) is 0 Å². The molecule has 0 aromatic rings. The van der Waals surface area contributed by atoms with E-state index in [0.29, 0.717) is 0 Å². The van der Waals surface area contributed by atoms with Gasteiger partial charge in [0.15, 0.2) is 12.1 Å². The highest BCUT2D eigenvalue weighted by molar-refractivity contribution is 5.95. The van der Waals surface area contributed by atoms with Gasteiger partial charge in [-0.15, -0.1) is 0 Å². The summed E-state index contributed by atoms with van der Waals surface area (Å²) in [4.78, 5) is 27.6. The summed E-state index contributed by atoms with van der Waals surface area (Å²) in [5, 5.41) is 30.3. The van der Waals surface area contributed by atoms with Gasteiger partial charge in [0, 0.05) is 12.3 Å². The molecule has 5 aliphatic carbocycles. The number of ketones is 1. The van der Waals surface area contributed by atoms with E-state index in [1.807, 2.05) is 0 Å². The van der Waals surface area contributed by atoms with E-state index in [1.165, 1.54) is 12.7 Å². The highest BCUT2D eigenvalue weighted by Crippen LogP contribution is 2.75. The van der Waals surface area contributed by atoms with Crippen LogP contribution < -0.4 is 0 Å². The summed E-state index contributed by atoms with van der Waals surface area (Å²) in [6, 6.07) is 0. The molecule has 8 nitrogen and oxygen atoms in total. The Bertz CT molecular complexity index is 1240. The molecule has 0 bridgehead atoms. The number of carbonyl (C=O) groups excluding carboxylic acids is 2. The zero-order valence-electron chi connectivity index (χ0n) is 28.9. The van der Waals surface area contributed by atoms with Crippen molar-refractivity contribution in [2.75, 3.05) is 13.7 Å². The number of carbonyl (C=O) groups is 2. The van der Waals surface area contributed by atoms with Gasteiger partial charge < -0.3 is 29.5 Å². The zero-order valence-corrected chi connectivity index (χ0v) is 28.9. The average molecular weight is 631 g/mol. The second-order valence-corrected chi connectivity index (χ2v) is 17.8. The van der Waals surface area contributed by atoms with E-state index < -0.39 is 30.0 Å². The Morgan fingerprint density at radius 2 is 1.67 bits per heavy atom. The molecule has 0 radical (unpaired) electrons. The van der Waals surface area contributed by atoms with Crippen molar-refractivity contribution in [2.24, 2.45) is 50.2 Å². The van der Waals surface area contributed by atoms with Crippen LogP contribution in [0.4, 0.5) is 0 Å². The lowest BCUT2D eigenvalue weighted by Gasteiger charge is -2.70. The predicted molar refractivity (Wildman–Crippen MR) is 169 cm³/mol. The lowest BCUT2D eigenvalue weighted by molar-refractivity contribution is -0.296. The smallest absolute Gasteiger partial charge is 0.311 e. The molecular formula is C37H58O8. The summed E-state index contributed by atoms with van der Waals surface area (Å²) in [5.74, 6) is 0.478. The minimum Gasteiger partial charge on any atom is -0.469 e. The van der Waals surface area contributed by atoms with Crippen molar-refractivity contribution in [1.29, 1.82) is 0 Å². The molecule has 1 aliphatic heterocycles. The number of methoxy groups -OCH3 is 1. The van der Waals surface area contributed by atoms with Crippen molar-refractivity contribution in [1.82, 2.24) is 0 Å². The largest absolute Gasteiger partial charge is 0.469 e. The molecule has 0 spiro atoms. The van der Waals surface area contributed by atoms with Crippen LogP contribution in [0.15, 0.2) is 11.6 Å². The van der Waals surface area contributed by atoms with Gasteiger partial charge in [0.1, 0.15) is 12.2 Å². The number of hydrogen-bond acceptors (Lipinski definition) is 8. The first-order valence-electron chi connectivity index (χ1n) is 17.5. The van der Waals surface area contributed by atoms with Gasteiger partial charge in [-0.2, -0.15) is 0 Å². The van der Waals surface area contributed by atoms with E-state index in [0.717, 1.165) is 57.8 Å². The van der Waals surface area contributed by atoms with Crippen LogP contribution in [0.2, 0.25) is 0 Å². The molecular weight excluding hydrogens is 572 g/mol. The molecule has 4 saturated carbocycles. The molecule has 1 heterocycles. The predicted octanol–water partition coefficient (Wildman–Crippen LogP) is 5.35. The fourth-order valence-corrected chi connectivity index (χ4v) is 12.2. The van der Waals surface area contributed by atoms with Crippen molar-refractivity contribution in [3.05, 3.63) is 11.6 Å². The van der Waals surface area contributed by atoms with E-state index in [4.69, 9.17) is 14.2 Å². The van der Waals surface area contributed by atoms with Crippen LogP contribution in [0.3, 0.4) is 0 Å². The number of ether oxygens (including phenoxy) is 3. The molecule has 0 aromatic carbocycles. The summed E-state index contributed by atoms with van der Waals surface area (Å²) in [7, 11) is 1.49. The van der Waals surface area contributed by atoms with Gasteiger partial charge in [-0.25, -0.2) is 0 Å². The third-order valence-electron chi connectivity index (χ3n) is 15.2. The first-order valence-corrected chi connectivity index (χ1v) is 17.5. The molecule has 1 saturated heterocycles. The van der Waals surface area contributed by atoms with Gasteiger partial charge >= 0.3 is 5.97 Å². The van der Waals surface area contributed by atoms with Gasteiger partial charge in [-0.05, 0) is 110 Å². The Kier molecular flexibility index (Phi) is 8.09. The van der Waals surface area contributed by atoms with Crippen LogP contribution >= 0.6 is 0 Å². The fraction of sp³-hybridized carbons (Fsp3) is 0.892. The number of allylic oxidation sites excluding steroid dienone is 2. The molecule has 0 aromatic heterocycles. The van der Waals surface area contributed by atoms with E-state index in [9.17, 15) is 24.9 Å². The first kappa shape index (κ1) is 33.6.